The van der Waals surface area contributed by atoms with E-state index in [4.69, 9.17) is 16.1 Å². The molecule has 186 valence electrons. The van der Waals surface area contributed by atoms with Crippen LogP contribution in [-0.4, -0.2) is 39.9 Å². The van der Waals surface area contributed by atoms with Gasteiger partial charge < -0.3 is 20.1 Å². The summed E-state index contributed by atoms with van der Waals surface area (Å²) in [5.41, 5.74) is 0.0868. The normalized spacial score (nSPS) is 12.4. The van der Waals surface area contributed by atoms with Gasteiger partial charge in [-0.2, -0.15) is 0 Å². The number of benzene rings is 1. The van der Waals surface area contributed by atoms with Crippen molar-refractivity contribution in [3.8, 4) is 0 Å². The summed E-state index contributed by atoms with van der Waals surface area (Å²) in [7, 11) is 0. The van der Waals surface area contributed by atoms with Crippen LogP contribution in [0.3, 0.4) is 0 Å². The number of aryl methyl sites for hydroxylation is 1. The molecule has 1 aromatic carbocycles. The number of hydrogen-bond donors (Lipinski definition) is 2. The van der Waals surface area contributed by atoms with Crippen molar-refractivity contribution >= 4 is 35.1 Å². The van der Waals surface area contributed by atoms with Crippen LogP contribution in [0.1, 0.15) is 71.2 Å². The molecule has 1 atom stereocenters. The van der Waals surface area contributed by atoms with E-state index in [-0.39, 0.29) is 36.5 Å². The third kappa shape index (κ3) is 7.87. The maximum absolute atomic E-state index is 13.5. The number of hydrogen-bond acceptors (Lipinski definition) is 5. The van der Waals surface area contributed by atoms with Gasteiger partial charge in [-0.15, -0.1) is 0 Å². The molecule has 0 spiro atoms. The molecule has 0 aliphatic rings. The van der Waals surface area contributed by atoms with E-state index in [9.17, 15) is 14.4 Å². The fraction of sp³-hybridized carbons (Fsp3) is 0.520. The summed E-state index contributed by atoms with van der Waals surface area (Å²) in [4.78, 5) is 40.8. The zero-order valence-electron chi connectivity index (χ0n) is 20.8. The number of nitrogens with zero attached hydrogens (tertiary/aromatic N) is 2. The number of nitrogens with one attached hydrogen (secondary N) is 2. The molecule has 0 saturated heterocycles. The lowest BCUT2D eigenvalue weighted by molar-refractivity contribution is -0.142. The molecule has 2 rings (SSSR count). The van der Waals surface area contributed by atoms with Crippen LogP contribution >= 0.6 is 11.6 Å². The summed E-state index contributed by atoms with van der Waals surface area (Å²) in [5.74, 6) is -0.0296. The molecule has 1 aromatic heterocycles. The van der Waals surface area contributed by atoms with Crippen molar-refractivity contribution in [1.82, 2.24) is 15.4 Å². The maximum atomic E-state index is 13.5. The Hall–Kier alpha value is -2.87. The average Bonchev–Trinajstić information content (AvgIpc) is 3.16. The Kier molecular flexibility index (Phi) is 9.67. The Morgan fingerprint density at radius 1 is 1.18 bits per heavy atom. The molecule has 2 aromatic rings. The monoisotopic (exact) mass is 490 g/mol. The third-order valence-corrected chi connectivity index (χ3v) is 5.79. The summed E-state index contributed by atoms with van der Waals surface area (Å²) in [6.45, 7) is 11.8. The van der Waals surface area contributed by atoms with Crippen LogP contribution in [0.15, 0.2) is 34.9 Å². The molecule has 0 radical (unpaired) electrons. The van der Waals surface area contributed by atoms with Crippen molar-refractivity contribution in [2.75, 3.05) is 11.9 Å². The van der Waals surface area contributed by atoms with Crippen LogP contribution < -0.4 is 10.6 Å². The van der Waals surface area contributed by atoms with Gasteiger partial charge >= 0.3 is 0 Å². The van der Waals surface area contributed by atoms with Crippen molar-refractivity contribution in [3.05, 3.63) is 46.7 Å². The Morgan fingerprint density at radius 2 is 1.85 bits per heavy atom. The van der Waals surface area contributed by atoms with Gasteiger partial charge in [-0.1, -0.05) is 55.7 Å². The number of halogens is 1. The highest BCUT2D eigenvalue weighted by Crippen LogP contribution is 2.30. The predicted octanol–water partition coefficient (Wildman–Crippen LogP) is 4.89. The van der Waals surface area contributed by atoms with E-state index < -0.39 is 11.6 Å². The van der Waals surface area contributed by atoms with E-state index in [2.05, 4.69) is 15.8 Å². The van der Waals surface area contributed by atoms with Crippen molar-refractivity contribution in [2.45, 2.75) is 72.4 Å². The first kappa shape index (κ1) is 27.4. The van der Waals surface area contributed by atoms with Gasteiger partial charge in [0.05, 0.1) is 0 Å². The largest absolute Gasteiger partial charge is 0.360 e. The van der Waals surface area contributed by atoms with Crippen LogP contribution in [0.2, 0.25) is 5.02 Å². The van der Waals surface area contributed by atoms with Gasteiger partial charge in [0.25, 0.3) is 0 Å². The summed E-state index contributed by atoms with van der Waals surface area (Å²) in [6.07, 6.45) is 0.589. The second-order valence-electron chi connectivity index (χ2n) is 9.46. The van der Waals surface area contributed by atoms with E-state index in [0.29, 0.717) is 35.1 Å². The van der Waals surface area contributed by atoms with Gasteiger partial charge in [-0.3, -0.25) is 14.4 Å². The van der Waals surface area contributed by atoms with E-state index in [1.165, 1.54) is 4.90 Å². The van der Waals surface area contributed by atoms with Crippen molar-refractivity contribution in [2.24, 2.45) is 5.92 Å². The quantitative estimate of drug-likeness (QED) is 0.466. The minimum absolute atomic E-state index is 0.0589. The molecule has 9 heteroatoms. The standard InChI is InChI=1S/C25H35ClN4O4/c1-7-25(5,6)28-24(33)23(18-10-8-9-11-19(18)26)30(15-16(2)3)22(32)13-12-21(31)27-20-14-17(4)34-29-20/h8-11,14,16,23H,7,12-13,15H2,1-6H3,(H,28,33)(H,27,29,31)/t23-/m1/s1. The molecular formula is C25H35ClN4O4. The van der Waals surface area contributed by atoms with Crippen LogP contribution in [0, 0.1) is 12.8 Å². The van der Waals surface area contributed by atoms with Gasteiger partial charge in [0.2, 0.25) is 17.7 Å². The molecule has 0 fully saturated rings. The molecule has 3 amide bonds. The highest BCUT2D eigenvalue weighted by atomic mass is 35.5. The van der Waals surface area contributed by atoms with Crippen LogP contribution in [0.4, 0.5) is 5.82 Å². The second-order valence-corrected chi connectivity index (χ2v) is 9.87. The zero-order chi connectivity index (χ0) is 25.5. The molecular weight excluding hydrogens is 456 g/mol. The molecule has 34 heavy (non-hydrogen) atoms. The molecule has 0 bridgehead atoms. The van der Waals surface area contributed by atoms with Crippen molar-refractivity contribution < 1.29 is 18.9 Å². The number of carbonyl (C=O) groups is 3. The topological polar surface area (TPSA) is 105 Å². The minimum atomic E-state index is -0.921. The van der Waals surface area contributed by atoms with E-state index in [1.54, 1.807) is 37.3 Å². The Balaban J connectivity index is 2.29. The number of amides is 3. The first-order chi connectivity index (χ1) is 15.9. The van der Waals surface area contributed by atoms with Gasteiger partial charge in [0.15, 0.2) is 5.82 Å². The van der Waals surface area contributed by atoms with E-state index in [1.807, 2.05) is 34.6 Å². The van der Waals surface area contributed by atoms with Gasteiger partial charge in [-0.05, 0) is 39.2 Å². The smallest absolute Gasteiger partial charge is 0.247 e. The first-order valence-electron chi connectivity index (χ1n) is 11.5. The molecule has 0 aliphatic carbocycles. The number of anilines is 1. The molecule has 0 aliphatic heterocycles. The SMILES string of the molecule is CCC(C)(C)NC(=O)[C@@H](c1ccccc1Cl)N(CC(C)C)C(=O)CCC(=O)Nc1cc(C)on1. The summed E-state index contributed by atoms with van der Waals surface area (Å²) >= 11 is 6.48. The fourth-order valence-electron chi connectivity index (χ4n) is 3.38. The summed E-state index contributed by atoms with van der Waals surface area (Å²) in [6, 6.07) is 7.70. The van der Waals surface area contributed by atoms with Crippen molar-refractivity contribution in [1.29, 1.82) is 0 Å². The van der Waals surface area contributed by atoms with Gasteiger partial charge in [0.1, 0.15) is 11.8 Å². The predicted molar refractivity (Wildman–Crippen MR) is 132 cm³/mol. The molecule has 2 N–H and O–H groups in total. The van der Waals surface area contributed by atoms with Crippen LogP contribution in [-0.2, 0) is 14.4 Å². The number of rotatable bonds is 11. The van der Waals surface area contributed by atoms with Gasteiger partial charge in [0, 0.05) is 41.6 Å². The third-order valence-electron chi connectivity index (χ3n) is 5.45. The molecule has 0 saturated carbocycles. The lowest BCUT2D eigenvalue weighted by Crippen LogP contribution is -2.51. The molecule has 8 nitrogen and oxygen atoms in total. The lowest BCUT2D eigenvalue weighted by atomic mass is 9.97. The Labute approximate surface area is 206 Å². The summed E-state index contributed by atoms with van der Waals surface area (Å²) < 4.78 is 4.94. The number of carbonyl (C=O) groups excluding carboxylic acids is 3. The maximum Gasteiger partial charge on any atom is 0.247 e. The Bertz CT molecular complexity index is 1000. The van der Waals surface area contributed by atoms with Crippen LogP contribution in [0.5, 0.6) is 0 Å². The summed E-state index contributed by atoms with van der Waals surface area (Å²) in [5, 5.41) is 9.80. The fourth-order valence-corrected chi connectivity index (χ4v) is 3.62. The number of aromatic nitrogens is 1. The minimum Gasteiger partial charge on any atom is -0.360 e. The lowest BCUT2D eigenvalue weighted by Gasteiger charge is -2.35. The first-order valence-corrected chi connectivity index (χ1v) is 11.9. The highest BCUT2D eigenvalue weighted by molar-refractivity contribution is 6.31. The average molecular weight is 491 g/mol. The van der Waals surface area contributed by atoms with E-state index in [0.717, 1.165) is 0 Å². The highest BCUT2D eigenvalue weighted by Gasteiger charge is 2.35. The molecule has 1 heterocycles. The van der Waals surface area contributed by atoms with Gasteiger partial charge in [-0.25, -0.2) is 0 Å². The Morgan fingerprint density at radius 3 is 2.41 bits per heavy atom. The van der Waals surface area contributed by atoms with Crippen molar-refractivity contribution in [3.63, 3.8) is 0 Å². The van der Waals surface area contributed by atoms with Crippen LogP contribution in [0.25, 0.3) is 0 Å². The van der Waals surface area contributed by atoms with E-state index >= 15 is 0 Å². The molecule has 0 unspecified atom stereocenters. The second kappa shape index (κ2) is 12.0. The zero-order valence-corrected chi connectivity index (χ0v) is 21.5.